The van der Waals surface area contributed by atoms with Gasteiger partial charge in [-0.2, -0.15) is 0 Å². The average Bonchev–Trinajstić information content (AvgIpc) is 2.48. The van der Waals surface area contributed by atoms with E-state index in [2.05, 4.69) is 5.32 Å². The van der Waals surface area contributed by atoms with E-state index in [-0.39, 0.29) is 18.3 Å². The zero-order chi connectivity index (χ0) is 15.0. The number of ether oxygens (including phenoxy) is 1. The lowest BCUT2D eigenvalue weighted by Crippen LogP contribution is -2.25. The number of fused-ring (bicyclic) bond motifs is 1. The molecule has 1 atom stereocenters. The highest BCUT2D eigenvalue weighted by molar-refractivity contribution is 6.22. The van der Waals surface area contributed by atoms with Crippen LogP contribution >= 0.6 is 11.6 Å². The molecule has 1 amide bonds. The highest BCUT2D eigenvalue weighted by atomic mass is 35.5. The minimum atomic E-state index is -0.423. The van der Waals surface area contributed by atoms with E-state index in [9.17, 15) is 9.18 Å². The largest absolute Gasteiger partial charge is 0.482 e. The predicted octanol–water partition coefficient (Wildman–Crippen LogP) is 3.79. The van der Waals surface area contributed by atoms with Crippen LogP contribution < -0.4 is 10.1 Å². The van der Waals surface area contributed by atoms with Crippen LogP contribution in [0.5, 0.6) is 5.75 Å². The van der Waals surface area contributed by atoms with Gasteiger partial charge < -0.3 is 10.1 Å². The number of amides is 1. The summed E-state index contributed by atoms with van der Waals surface area (Å²) in [4.78, 5) is 11.3. The van der Waals surface area contributed by atoms with Gasteiger partial charge in [-0.05, 0) is 41.8 Å². The van der Waals surface area contributed by atoms with E-state index < -0.39 is 5.38 Å². The molecule has 0 aliphatic carbocycles. The topological polar surface area (TPSA) is 38.3 Å². The number of carbonyl (C=O) groups is 1. The first-order chi connectivity index (χ1) is 10.0. The molecule has 1 unspecified atom stereocenters. The maximum Gasteiger partial charge on any atom is 0.262 e. The van der Waals surface area contributed by atoms with Crippen LogP contribution in [0.25, 0.3) is 0 Å². The summed E-state index contributed by atoms with van der Waals surface area (Å²) in [5, 5.41) is 2.32. The van der Waals surface area contributed by atoms with Crippen molar-refractivity contribution in [3.05, 3.63) is 58.9 Å². The third-order valence-electron chi connectivity index (χ3n) is 3.40. The van der Waals surface area contributed by atoms with Crippen molar-refractivity contribution in [1.29, 1.82) is 0 Å². The van der Waals surface area contributed by atoms with Gasteiger partial charge in [0.25, 0.3) is 5.91 Å². The zero-order valence-corrected chi connectivity index (χ0v) is 12.1. The number of anilines is 1. The Morgan fingerprint density at radius 2 is 1.95 bits per heavy atom. The predicted molar refractivity (Wildman–Crippen MR) is 79.4 cm³/mol. The second kappa shape index (κ2) is 5.37. The van der Waals surface area contributed by atoms with Crippen LogP contribution in [0.2, 0.25) is 0 Å². The van der Waals surface area contributed by atoms with Crippen LogP contribution in [0.15, 0.2) is 36.4 Å². The molecule has 2 aromatic rings. The van der Waals surface area contributed by atoms with Crippen molar-refractivity contribution < 1.29 is 13.9 Å². The maximum atomic E-state index is 13.3. The van der Waals surface area contributed by atoms with Crippen molar-refractivity contribution in [1.82, 2.24) is 0 Å². The number of benzene rings is 2. The van der Waals surface area contributed by atoms with Gasteiger partial charge in [-0.3, -0.25) is 4.79 Å². The monoisotopic (exact) mass is 305 g/mol. The molecule has 1 aliphatic rings. The summed E-state index contributed by atoms with van der Waals surface area (Å²) in [5.74, 6) is 0.176. The van der Waals surface area contributed by atoms with Crippen LogP contribution in [0.1, 0.15) is 22.1 Å². The molecule has 21 heavy (non-hydrogen) atoms. The number of carbonyl (C=O) groups excluding carboxylic acids is 1. The molecule has 0 aromatic heterocycles. The number of hydrogen-bond donors (Lipinski definition) is 1. The van der Waals surface area contributed by atoms with E-state index in [1.54, 1.807) is 31.2 Å². The highest BCUT2D eigenvalue weighted by Crippen LogP contribution is 2.35. The van der Waals surface area contributed by atoms with Gasteiger partial charge in [0.05, 0.1) is 11.1 Å². The van der Waals surface area contributed by atoms with Gasteiger partial charge in [-0.25, -0.2) is 4.39 Å². The van der Waals surface area contributed by atoms with Crippen molar-refractivity contribution in [2.75, 3.05) is 11.9 Å². The van der Waals surface area contributed by atoms with Gasteiger partial charge >= 0.3 is 0 Å². The minimum Gasteiger partial charge on any atom is -0.482 e. The summed E-state index contributed by atoms with van der Waals surface area (Å²) in [6.07, 6.45) is 0. The summed E-state index contributed by atoms with van der Waals surface area (Å²) in [7, 11) is 0. The summed E-state index contributed by atoms with van der Waals surface area (Å²) in [6, 6.07) is 10.2. The van der Waals surface area contributed by atoms with E-state index >= 15 is 0 Å². The molecule has 0 spiro atoms. The fourth-order valence-electron chi connectivity index (χ4n) is 2.28. The molecule has 0 radical (unpaired) electrons. The van der Waals surface area contributed by atoms with E-state index in [1.807, 2.05) is 6.07 Å². The zero-order valence-electron chi connectivity index (χ0n) is 11.3. The van der Waals surface area contributed by atoms with Crippen LogP contribution in [-0.2, 0) is 4.79 Å². The first-order valence-corrected chi connectivity index (χ1v) is 6.95. The van der Waals surface area contributed by atoms with Crippen molar-refractivity contribution in [2.45, 2.75) is 12.3 Å². The van der Waals surface area contributed by atoms with Crippen molar-refractivity contribution in [2.24, 2.45) is 0 Å². The van der Waals surface area contributed by atoms with Crippen LogP contribution in [0.3, 0.4) is 0 Å². The fraction of sp³-hybridized carbons (Fsp3) is 0.188. The molecule has 0 fully saturated rings. The quantitative estimate of drug-likeness (QED) is 0.857. The molecule has 1 heterocycles. The molecule has 0 saturated carbocycles. The van der Waals surface area contributed by atoms with Crippen molar-refractivity contribution in [3.63, 3.8) is 0 Å². The molecule has 3 nitrogen and oxygen atoms in total. The first-order valence-electron chi connectivity index (χ1n) is 6.51. The highest BCUT2D eigenvalue weighted by Gasteiger charge is 2.19. The van der Waals surface area contributed by atoms with Gasteiger partial charge in [0.2, 0.25) is 0 Å². The third kappa shape index (κ3) is 2.72. The number of alkyl halides is 1. The standard InChI is InChI=1S/C16H13ClFNO2/c1-9-6-10(2-4-12(9)18)16(17)11-3-5-14-13(7-11)19-15(20)8-21-14/h2-7,16H,8H2,1H3,(H,19,20). The van der Waals surface area contributed by atoms with Crippen LogP contribution in [-0.4, -0.2) is 12.5 Å². The summed E-state index contributed by atoms with van der Waals surface area (Å²) in [5.41, 5.74) is 2.77. The van der Waals surface area contributed by atoms with E-state index in [1.165, 1.54) is 6.07 Å². The Kier molecular flexibility index (Phi) is 3.55. The molecular formula is C16H13ClFNO2. The van der Waals surface area contributed by atoms with Gasteiger partial charge in [0.15, 0.2) is 6.61 Å². The lowest BCUT2D eigenvalue weighted by Gasteiger charge is -2.20. The Morgan fingerprint density at radius 1 is 1.24 bits per heavy atom. The van der Waals surface area contributed by atoms with Gasteiger partial charge in [0, 0.05) is 0 Å². The second-order valence-electron chi connectivity index (χ2n) is 4.96. The second-order valence-corrected chi connectivity index (χ2v) is 5.40. The normalized spacial score (nSPS) is 14.9. The SMILES string of the molecule is Cc1cc(C(Cl)c2ccc3c(c2)NC(=O)CO3)ccc1F. The average molecular weight is 306 g/mol. The Balaban J connectivity index is 1.94. The van der Waals surface area contributed by atoms with E-state index in [0.717, 1.165) is 11.1 Å². The molecule has 1 aliphatic heterocycles. The van der Waals surface area contributed by atoms with Crippen LogP contribution in [0, 0.1) is 12.7 Å². The van der Waals surface area contributed by atoms with Crippen LogP contribution in [0.4, 0.5) is 10.1 Å². The molecule has 5 heteroatoms. The molecule has 108 valence electrons. The third-order valence-corrected chi connectivity index (χ3v) is 3.91. The smallest absolute Gasteiger partial charge is 0.262 e. The Labute approximate surface area is 126 Å². The fourth-order valence-corrected chi connectivity index (χ4v) is 2.55. The first kappa shape index (κ1) is 13.9. The maximum absolute atomic E-state index is 13.3. The van der Waals surface area contributed by atoms with Gasteiger partial charge in [-0.15, -0.1) is 11.6 Å². The Bertz CT molecular complexity index is 717. The molecule has 3 rings (SSSR count). The van der Waals surface area contributed by atoms with E-state index in [4.69, 9.17) is 16.3 Å². The van der Waals surface area contributed by atoms with Gasteiger partial charge in [0.1, 0.15) is 11.6 Å². The number of hydrogen-bond acceptors (Lipinski definition) is 2. The minimum absolute atomic E-state index is 0.0216. The summed E-state index contributed by atoms with van der Waals surface area (Å²) >= 11 is 6.46. The number of halogens is 2. The Hall–Kier alpha value is -2.07. The summed E-state index contributed by atoms with van der Waals surface area (Å²) < 4.78 is 18.6. The number of aryl methyl sites for hydroxylation is 1. The summed E-state index contributed by atoms with van der Waals surface area (Å²) in [6.45, 7) is 1.72. The molecule has 0 bridgehead atoms. The molecular weight excluding hydrogens is 293 g/mol. The lowest BCUT2D eigenvalue weighted by atomic mass is 10.0. The lowest BCUT2D eigenvalue weighted by molar-refractivity contribution is -0.118. The van der Waals surface area contributed by atoms with Crippen molar-refractivity contribution in [3.8, 4) is 5.75 Å². The number of rotatable bonds is 2. The molecule has 2 aromatic carbocycles. The number of nitrogens with one attached hydrogen (secondary N) is 1. The van der Waals surface area contributed by atoms with E-state index in [0.29, 0.717) is 17.0 Å². The molecule has 0 saturated heterocycles. The molecule has 1 N–H and O–H groups in total. The van der Waals surface area contributed by atoms with Crippen molar-refractivity contribution >= 4 is 23.2 Å². The van der Waals surface area contributed by atoms with Gasteiger partial charge in [-0.1, -0.05) is 18.2 Å². The Morgan fingerprint density at radius 3 is 2.71 bits per heavy atom.